The summed E-state index contributed by atoms with van der Waals surface area (Å²) < 4.78 is 14.8. The Kier molecular flexibility index (Phi) is 4.13. The van der Waals surface area contributed by atoms with Gasteiger partial charge in [0.25, 0.3) is 0 Å². The molecule has 0 spiro atoms. The lowest BCUT2D eigenvalue weighted by molar-refractivity contribution is 0.548. The third-order valence-corrected chi connectivity index (χ3v) is 10.2. The van der Waals surface area contributed by atoms with Gasteiger partial charge in [-0.1, -0.05) is 91.0 Å². The summed E-state index contributed by atoms with van der Waals surface area (Å²) >= 11 is 0. The minimum atomic E-state index is -2.70. The first-order valence-corrected chi connectivity index (χ1v) is 10.7. The van der Waals surface area contributed by atoms with E-state index in [0.717, 1.165) is 18.1 Å². The highest BCUT2D eigenvalue weighted by Gasteiger charge is 2.56. The molecule has 0 aromatic heterocycles. The molecule has 0 unspecified atom stereocenters. The molecule has 0 saturated carbocycles. The van der Waals surface area contributed by atoms with Crippen LogP contribution in [0.5, 0.6) is 0 Å². The molecule has 0 aliphatic carbocycles. The van der Waals surface area contributed by atoms with E-state index in [2.05, 4.69) is 67.6 Å². The van der Waals surface area contributed by atoms with Gasteiger partial charge >= 0.3 is 0 Å². The van der Waals surface area contributed by atoms with E-state index in [1.807, 2.05) is 30.3 Å². The smallest absolute Gasteiger partial charge is 0.132 e. The lowest BCUT2D eigenvalue weighted by Gasteiger charge is -2.36. The quantitative estimate of drug-likeness (QED) is 0.522. The monoisotopic (exact) mass is 346 g/mol. The molecule has 0 radical (unpaired) electrons. The Labute approximate surface area is 150 Å². The molecule has 0 N–H and O–H groups in total. The van der Waals surface area contributed by atoms with Crippen LogP contribution in [-0.2, 0) is 9.72 Å². The van der Waals surface area contributed by atoms with Gasteiger partial charge in [-0.15, -0.1) is 0 Å². The van der Waals surface area contributed by atoms with Crippen molar-refractivity contribution >= 4 is 12.4 Å². The Morgan fingerprint density at radius 3 is 1.92 bits per heavy atom. The summed E-state index contributed by atoms with van der Waals surface area (Å²) in [6.45, 7) is 2.21. The van der Waals surface area contributed by atoms with E-state index in [-0.39, 0.29) is 10.8 Å². The van der Waals surface area contributed by atoms with Gasteiger partial charge in [0.2, 0.25) is 0 Å². The van der Waals surface area contributed by atoms with E-state index in [0.29, 0.717) is 0 Å². The van der Waals surface area contributed by atoms with Crippen molar-refractivity contribution in [2.75, 3.05) is 0 Å². The highest BCUT2D eigenvalue weighted by Crippen LogP contribution is 2.78. The fourth-order valence-corrected chi connectivity index (χ4v) is 8.72. The van der Waals surface area contributed by atoms with Gasteiger partial charge in [0.1, 0.15) is 7.14 Å². The van der Waals surface area contributed by atoms with Crippen LogP contribution in [0.25, 0.3) is 0 Å². The summed E-state index contributed by atoms with van der Waals surface area (Å²) in [4.78, 5) is 0. The van der Waals surface area contributed by atoms with Crippen LogP contribution in [-0.4, -0.2) is 0 Å². The number of rotatable bonds is 3. The van der Waals surface area contributed by atoms with Crippen LogP contribution in [0.3, 0.4) is 0 Å². The fourth-order valence-electron chi connectivity index (χ4n) is 4.41. The highest BCUT2D eigenvalue weighted by molar-refractivity contribution is 7.73. The van der Waals surface area contributed by atoms with Crippen molar-refractivity contribution < 1.29 is 4.57 Å². The minimum Gasteiger partial charge on any atom is -0.317 e. The fraction of sp³-hybridized carbons (Fsp3) is 0.217. The third-order valence-electron chi connectivity index (χ3n) is 5.80. The number of hydrogen-bond donors (Lipinski definition) is 0. The number of benzene rings is 3. The summed E-state index contributed by atoms with van der Waals surface area (Å²) in [5.74, 6) is 0. The van der Waals surface area contributed by atoms with E-state index in [4.69, 9.17) is 0 Å². The molecule has 1 aliphatic rings. The Hall–Kier alpha value is -2.11. The molecule has 3 aromatic rings. The predicted molar refractivity (Wildman–Crippen MR) is 106 cm³/mol. The summed E-state index contributed by atoms with van der Waals surface area (Å²) in [6, 6.07) is 31.0. The molecule has 1 aliphatic heterocycles. The van der Waals surface area contributed by atoms with Crippen LogP contribution in [0.1, 0.15) is 36.6 Å². The predicted octanol–water partition coefficient (Wildman–Crippen LogP) is 6.13. The molecule has 1 saturated heterocycles. The first kappa shape index (κ1) is 16.4. The van der Waals surface area contributed by atoms with Gasteiger partial charge < -0.3 is 4.57 Å². The molecule has 25 heavy (non-hydrogen) atoms. The van der Waals surface area contributed by atoms with Gasteiger partial charge in [0.05, 0.1) is 5.16 Å². The van der Waals surface area contributed by atoms with Crippen molar-refractivity contribution in [3.05, 3.63) is 102 Å². The van der Waals surface area contributed by atoms with Gasteiger partial charge in [0, 0.05) is 11.0 Å². The van der Waals surface area contributed by atoms with Crippen LogP contribution < -0.4 is 5.30 Å². The normalized spacial score (nSPS) is 28.8. The molecule has 4 rings (SSSR count). The first-order chi connectivity index (χ1) is 12.2. The summed E-state index contributed by atoms with van der Waals surface area (Å²) in [6.07, 6.45) is 1.91. The van der Waals surface area contributed by atoms with E-state index in [1.54, 1.807) is 0 Å². The molecule has 0 bridgehead atoms. The maximum absolute atomic E-state index is 14.8. The zero-order valence-electron chi connectivity index (χ0n) is 14.5. The summed E-state index contributed by atoms with van der Waals surface area (Å²) in [5.41, 5.74) is 2.48. The Balaban J connectivity index is 1.94. The van der Waals surface area contributed by atoms with Gasteiger partial charge in [-0.25, -0.2) is 0 Å². The molecule has 126 valence electrons. The molecule has 2 heteroatoms. The standard InChI is InChI=1S/C23H23OP/c1-23(20-13-7-3-8-14-20)18-17-22(19-11-5-2-6-12-19)25(23,24)21-15-9-4-10-16-21/h2-16,22H,17-18H2,1H3/t22-,23+,25-/m0/s1. The molecule has 1 heterocycles. The van der Waals surface area contributed by atoms with Crippen molar-refractivity contribution in [1.29, 1.82) is 0 Å². The van der Waals surface area contributed by atoms with Crippen LogP contribution in [0, 0.1) is 0 Å². The van der Waals surface area contributed by atoms with Crippen molar-refractivity contribution in [3.8, 4) is 0 Å². The van der Waals surface area contributed by atoms with Crippen molar-refractivity contribution in [2.24, 2.45) is 0 Å². The van der Waals surface area contributed by atoms with Gasteiger partial charge in [-0.3, -0.25) is 0 Å². The molecule has 3 aromatic carbocycles. The van der Waals surface area contributed by atoms with Gasteiger partial charge in [-0.05, 0) is 30.9 Å². The van der Waals surface area contributed by atoms with Crippen LogP contribution >= 0.6 is 7.14 Å². The van der Waals surface area contributed by atoms with E-state index < -0.39 is 7.14 Å². The lowest BCUT2D eigenvalue weighted by atomic mass is 9.94. The van der Waals surface area contributed by atoms with Crippen LogP contribution in [0.15, 0.2) is 91.0 Å². The second kappa shape index (κ2) is 6.32. The largest absolute Gasteiger partial charge is 0.317 e. The maximum atomic E-state index is 14.8. The minimum absolute atomic E-state index is 0.0845. The molecular weight excluding hydrogens is 323 g/mol. The average Bonchev–Trinajstić information content (AvgIpc) is 2.97. The topological polar surface area (TPSA) is 17.1 Å². The third kappa shape index (κ3) is 2.50. The summed E-state index contributed by atoms with van der Waals surface area (Å²) in [5, 5.41) is 0.684. The van der Waals surface area contributed by atoms with E-state index in [9.17, 15) is 4.57 Å². The van der Waals surface area contributed by atoms with Gasteiger partial charge in [-0.2, -0.15) is 0 Å². The maximum Gasteiger partial charge on any atom is 0.132 e. The van der Waals surface area contributed by atoms with E-state index in [1.165, 1.54) is 11.1 Å². The molecule has 3 atom stereocenters. The average molecular weight is 346 g/mol. The van der Waals surface area contributed by atoms with Crippen molar-refractivity contribution in [2.45, 2.75) is 30.6 Å². The SMILES string of the molecule is C[C@]1(c2ccccc2)CC[C@@H](c2ccccc2)[P@@]1(=O)c1ccccc1. The zero-order valence-corrected chi connectivity index (χ0v) is 15.4. The van der Waals surface area contributed by atoms with Crippen LogP contribution in [0.2, 0.25) is 0 Å². The molecular formula is C23H23OP. The zero-order chi connectivity index (χ0) is 17.3. The van der Waals surface area contributed by atoms with E-state index >= 15 is 0 Å². The second-order valence-electron chi connectivity index (χ2n) is 7.10. The summed E-state index contributed by atoms with van der Waals surface area (Å²) in [7, 11) is -2.70. The molecule has 1 fully saturated rings. The Morgan fingerprint density at radius 1 is 0.800 bits per heavy atom. The number of hydrogen-bond acceptors (Lipinski definition) is 1. The Morgan fingerprint density at radius 2 is 1.32 bits per heavy atom. The van der Waals surface area contributed by atoms with Gasteiger partial charge in [0.15, 0.2) is 0 Å². The second-order valence-corrected chi connectivity index (χ2v) is 10.5. The first-order valence-electron chi connectivity index (χ1n) is 8.92. The van der Waals surface area contributed by atoms with Crippen LogP contribution in [0.4, 0.5) is 0 Å². The molecule has 0 amide bonds. The molecule has 1 nitrogen and oxygen atoms in total. The highest BCUT2D eigenvalue weighted by atomic mass is 31.2. The van der Waals surface area contributed by atoms with Crippen molar-refractivity contribution in [3.63, 3.8) is 0 Å². The lowest BCUT2D eigenvalue weighted by Crippen LogP contribution is -2.24. The van der Waals surface area contributed by atoms with Crippen molar-refractivity contribution in [1.82, 2.24) is 0 Å². The Bertz CT molecular complexity index is 889.